The fourth-order valence-electron chi connectivity index (χ4n) is 0.918. The fourth-order valence-corrected chi connectivity index (χ4v) is 0.918. The molecule has 4 nitrogen and oxygen atoms in total. The molecular weight excluding hydrogens is 199 g/mol. The van der Waals surface area contributed by atoms with Crippen LogP contribution in [0.15, 0.2) is 6.20 Å². The van der Waals surface area contributed by atoms with Gasteiger partial charge in [0.05, 0.1) is 18.7 Å². The first-order valence-electron chi connectivity index (χ1n) is 4.08. The number of halogens is 3. The van der Waals surface area contributed by atoms with Crippen LogP contribution in [-0.4, -0.2) is 32.9 Å². The number of alkyl halides is 3. The molecule has 0 unspecified atom stereocenters. The smallest absolute Gasteiger partial charge is 0.390 e. The van der Waals surface area contributed by atoms with E-state index < -0.39 is 12.6 Å². The van der Waals surface area contributed by atoms with Gasteiger partial charge in [0.25, 0.3) is 0 Å². The Morgan fingerprint density at radius 3 is 2.71 bits per heavy atom. The molecule has 1 heterocycles. The van der Waals surface area contributed by atoms with Gasteiger partial charge < -0.3 is 5.11 Å². The highest BCUT2D eigenvalue weighted by Gasteiger charge is 2.26. The summed E-state index contributed by atoms with van der Waals surface area (Å²) in [4.78, 5) is 0. The van der Waals surface area contributed by atoms with Crippen LogP contribution >= 0.6 is 0 Å². The first-order chi connectivity index (χ1) is 6.51. The van der Waals surface area contributed by atoms with Gasteiger partial charge >= 0.3 is 6.18 Å². The molecule has 0 saturated heterocycles. The van der Waals surface area contributed by atoms with Crippen molar-refractivity contribution < 1.29 is 18.3 Å². The van der Waals surface area contributed by atoms with Crippen LogP contribution in [0.3, 0.4) is 0 Å². The maximum Gasteiger partial charge on any atom is 0.390 e. The fraction of sp³-hybridized carbons (Fsp3) is 0.714. The lowest BCUT2D eigenvalue weighted by molar-refractivity contribution is -0.137. The molecule has 0 spiro atoms. The number of aliphatic hydroxyl groups excluding tert-OH is 1. The average molecular weight is 209 g/mol. The van der Waals surface area contributed by atoms with Gasteiger partial charge in [0.2, 0.25) is 0 Å². The highest BCUT2D eigenvalue weighted by Crippen LogP contribution is 2.19. The number of hydrogen-bond acceptors (Lipinski definition) is 3. The van der Waals surface area contributed by atoms with Gasteiger partial charge in [-0.15, -0.1) is 5.10 Å². The van der Waals surface area contributed by atoms with Crippen molar-refractivity contribution in [1.29, 1.82) is 0 Å². The molecule has 0 saturated carbocycles. The predicted octanol–water partition coefficient (Wildman–Crippen LogP) is 0.765. The molecule has 14 heavy (non-hydrogen) atoms. The van der Waals surface area contributed by atoms with Crippen LogP contribution < -0.4 is 0 Å². The van der Waals surface area contributed by atoms with E-state index in [0.717, 1.165) is 4.68 Å². The molecule has 0 fully saturated rings. The van der Waals surface area contributed by atoms with Gasteiger partial charge in [-0.1, -0.05) is 5.21 Å². The number of aliphatic hydroxyl groups is 1. The van der Waals surface area contributed by atoms with Gasteiger partial charge in [-0.3, -0.25) is 4.68 Å². The summed E-state index contributed by atoms with van der Waals surface area (Å²) < 4.78 is 36.5. The number of nitrogens with zero attached hydrogens (tertiary/aromatic N) is 3. The van der Waals surface area contributed by atoms with E-state index in [1.54, 1.807) is 0 Å². The van der Waals surface area contributed by atoms with Crippen molar-refractivity contribution in [1.82, 2.24) is 15.0 Å². The third kappa shape index (κ3) is 3.73. The second kappa shape index (κ2) is 4.41. The van der Waals surface area contributed by atoms with Crippen molar-refractivity contribution in [2.75, 3.05) is 6.61 Å². The van der Waals surface area contributed by atoms with Gasteiger partial charge in [0.15, 0.2) is 0 Å². The van der Waals surface area contributed by atoms with E-state index in [1.165, 1.54) is 6.20 Å². The Bertz CT molecular complexity index is 284. The molecule has 0 aliphatic heterocycles. The maximum absolute atomic E-state index is 11.8. The SMILES string of the molecule is OCCc1cn(CCC(F)(F)F)nn1. The molecule has 1 aromatic heterocycles. The average Bonchev–Trinajstić information content (AvgIpc) is 2.49. The van der Waals surface area contributed by atoms with Crippen molar-refractivity contribution in [3.63, 3.8) is 0 Å². The Morgan fingerprint density at radius 2 is 2.14 bits per heavy atom. The zero-order chi connectivity index (χ0) is 10.6. The van der Waals surface area contributed by atoms with E-state index in [2.05, 4.69) is 10.3 Å². The minimum absolute atomic E-state index is 0.0854. The van der Waals surface area contributed by atoms with Crippen molar-refractivity contribution in [3.05, 3.63) is 11.9 Å². The molecule has 1 rings (SSSR count). The normalized spacial score (nSPS) is 12.0. The molecule has 0 amide bonds. The number of aryl methyl sites for hydroxylation is 1. The summed E-state index contributed by atoms with van der Waals surface area (Å²) in [5, 5.41) is 15.6. The van der Waals surface area contributed by atoms with E-state index >= 15 is 0 Å². The topological polar surface area (TPSA) is 50.9 Å². The van der Waals surface area contributed by atoms with E-state index in [1.807, 2.05) is 0 Å². The summed E-state index contributed by atoms with van der Waals surface area (Å²) in [6.45, 7) is -0.320. The third-order valence-electron chi connectivity index (χ3n) is 1.58. The maximum atomic E-state index is 11.8. The summed E-state index contributed by atoms with van der Waals surface area (Å²) in [5.41, 5.74) is 0.495. The summed E-state index contributed by atoms with van der Waals surface area (Å²) in [7, 11) is 0. The van der Waals surface area contributed by atoms with Crippen molar-refractivity contribution in [2.24, 2.45) is 0 Å². The summed E-state index contributed by atoms with van der Waals surface area (Å²) in [6.07, 6.45) is -3.38. The minimum Gasteiger partial charge on any atom is -0.396 e. The lowest BCUT2D eigenvalue weighted by atomic mass is 10.3. The zero-order valence-corrected chi connectivity index (χ0v) is 7.33. The highest BCUT2D eigenvalue weighted by molar-refractivity contribution is 4.91. The second-order valence-corrected chi connectivity index (χ2v) is 2.81. The lowest BCUT2D eigenvalue weighted by Gasteiger charge is -2.04. The molecule has 1 aromatic rings. The van der Waals surface area contributed by atoms with Crippen LogP contribution in [0.2, 0.25) is 0 Å². The molecule has 0 aliphatic rings. The van der Waals surface area contributed by atoms with Crippen molar-refractivity contribution >= 4 is 0 Å². The summed E-state index contributed by atoms with van der Waals surface area (Å²) >= 11 is 0. The Labute approximate surface area is 78.3 Å². The Balaban J connectivity index is 2.44. The van der Waals surface area contributed by atoms with Gasteiger partial charge in [-0.2, -0.15) is 13.2 Å². The van der Waals surface area contributed by atoms with Gasteiger partial charge in [-0.05, 0) is 0 Å². The van der Waals surface area contributed by atoms with E-state index in [0.29, 0.717) is 12.1 Å². The molecule has 0 radical (unpaired) electrons. The first kappa shape index (κ1) is 11.0. The van der Waals surface area contributed by atoms with E-state index in [4.69, 9.17) is 5.11 Å². The Kier molecular flexibility index (Phi) is 3.45. The molecule has 0 aromatic carbocycles. The molecule has 0 aliphatic carbocycles. The predicted molar refractivity (Wildman–Crippen MR) is 41.5 cm³/mol. The van der Waals surface area contributed by atoms with Crippen LogP contribution in [0.4, 0.5) is 13.2 Å². The largest absolute Gasteiger partial charge is 0.396 e. The number of aromatic nitrogens is 3. The molecule has 0 atom stereocenters. The molecule has 1 N–H and O–H groups in total. The number of hydrogen-bond donors (Lipinski definition) is 1. The standard InChI is InChI=1S/C7H10F3N3O/c8-7(9,10)2-3-13-5-6(1-4-14)11-12-13/h5,14H,1-4H2. The minimum atomic E-state index is -4.18. The first-order valence-corrected chi connectivity index (χ1v) is 4.08. The van der Waals surface area contributed by atoms with Crippen LogP contribution in [0.1, 0.15) is 12.1 Å². The third-order valence-corrected chi connectivity index (χ3v) is 1.58. The van der Waals surface area contributed by atoms with Crippen LogP contribution in [0.25, 0.3) is 0 Å². The van der Waals surface area contributed by atoms with Gasteiger partial charge in [0.1, 0.15) is 0 Å². The Hall–Kier alpha value is -1.11. The van der Waals surface area contributed by atoms with E-state index in [-0.39, 0.29) is 13.2 Å². The molecule has 0 bridgehead atoms. The monoisotopic (exact) mass is 209 g/mol. The van der Waals surface area contributed by atoms with Crippen LogP contribution in [0, 0.1) is 0 Å². The number of rotatable bonds is 4. The van der Waals surface area contributed by atoms with Crippen molar-refractivity contribution in [3.8, 4) is 0 Å². The summed E-state index contributed by atoms with van der Waals surface area (Å²) in [5.74, 6) is 0. The quantitative estimate of drug-likeness (QED) is 0.796. The lowest BCUT2D eigenvalue weighted by Crippen LogP contribution is -2.12. The van der Waals surface area contributed by atoms with Gasteiger partial charge in [0, 0.05) is 19.2 Å². The van der Waals surface area contributed by atoms with Crippen LogP contribution in [0.5, 0.6) is 0 Å². The zero-order valence-electron chi connectivity index (χ0n) is 7.33. The van der Waals surface area contributed by atoms with E-state index in [9.17, 15) is 13.2 Å². The molecular formula is C7H10F3N3O. The van der Waals surface area contributed by atoms with Crippen LogP contribution in [-0.2, 0) is 13.0 Å². The Morgan fingerprint density at radius 1 is 1.43 bits per heavy atom. The van der Waals surface area contributed by atoms with Gasteiger partial charge in [-0.25, -0.2) is 0 Å². The molecule has 80 valence electrons. The second-order valence-electron chi connectivity index (χ2n) is 2.81. The summed E-state index contributed by atoms with van der Waals surface area (Å²) in [6, 6.07) is 0. The highest BCUT2D eigenvalue weighted by atomic mass is 19.4. The van der Waals surface area contributed by atoms with Crippen molar-refractivity contribution in [2.45, 2.75) is 25.6 Å². The molecule has 7 heteroatoms.